The van der Waals surface area contributed by atoms with Crippen LogP contribution in [0.4, 0.5) is 4.39 Å². The Kier molecular flexibility index (Phi) is 5.97. The fourth-order valence-electron chi connectivity index (χ4n) is 6.40. The number of carbonyl (C=O) groups is 2. The van der Waals surface area contributed by atoms with Crippen LogP contribution in [-0.4, -0.2) is 23.1 Å². The lowest BCUT2D eigenvalue weighted by Crippen LogP contribution is -2.60. The molecular weight excluding hydrogens is 423 g/mol. The summed E-state index contributed by atoms with van der Waals surface area (Å²) in [5.41, 5.74) is 1.40. The van der Waals surface area contributed by atoms with Gasteiger partial charge in [-0.2, -0.15) is 0 Å². The predicted molar refractivity (Wildman–Crippen MR) is 124 cm³/mol. The summed E-state index contributed by atoms with van der Waals surface area (Å²) in [6.45, 7) is 0.324. The third kappa shape index (κ3) is 4.70. The summed E-state index contributed by atoms with van der Waals surface area (Å²) in [4.78, 5) is 26.4. The van der Waals surface area contributed by atoms with Crippen LogP contribution in [-0.2, 0) is 11.3 Å². The quantitative estimate of drug-likeness (QED) is 0.586. The van der Waals surface area contributed by atoms with Crippen LogP contribution in [0.25, 0.3) is 0 Å². The Morgan fingerprint density at radius 1 is 0.938 bits per heavy atom. The van der Waals surface area contributed by atoms with Crippen molar-refractivity contribution in [2.75, 3.05) is 5.75 Å². The summed E-state index contributed by atoms with van der Waals surface area (Å²) in [5.74, 6) is 2.26. The molecule has 2 N–H and O–H groups in total. The molecule has 4 aliphatic rings. The molecule has 0 spiro atoms. The molecule has 0 aliphatic heterocycles. The largest absolute Gasteiger partial charge is 0.350 e. The molecule has 4 nitrogen and oxygen atoms in total. The highest BCUT2D eigenvalue weighted by molar-refractivity contribution is 8.00. The standard InChI is InChI=1S/C26H29FN2O2S/c27-21-7-5-17(6-8-21)15-28-25(31)22-3-1-2-4-23(22)32-16-24(30)29-26-12-18-9-19(13-26)11-20(10-18)14-26/h1-8,18-20H,9-16H2,(H,28,31)(H,29,30). The van der Waals surface area contributed by atoms with Gasteiger partial charge in [-0.25, -0.2) is 4.39 Å². The first-order valence-corrected chi connectivity index (χ1v) is 12.5. The lowest BCUT2D eigenvalue weighted by molar-refractivity contribution is -0.124. The molecule has 0 unspecified atom stereocenters. The molecule has 4 bridgehead atoms. The van der Waals surface area contributed by atoms with Gasteiger partial charge in [-0.1, -0.05) is 24.3 Å². The fourth-order valence-corrected chi connectivity index (χ4v) is 7.25. The van der Waals surface area contributed by atoms with E-state index in [2.05, 4.69) is 10.6 Å². The Morgan fingerprint density at radius 2 is 1.56 bits per heavy atom. The Morgan fingerprint density at radius 3 is 2.22 bits per heavy atom. The zero-order valence-electron chi connectivity index (χ0n) is 18.1. The minimum atomic E-state index is -0.298. The van der Waals surface area contributed by atoms with E-state index in [1.807, 2.05) is 18.2 Å². The summed E-state index contributed by atoms with van der Waals surface area (Å²) >= 11 is 1.41. The molecule has 0 heterocycles. The molecule has 4 aliphatic carbocycles. The first kappa shape index (κ1) is 21.5. The number of thioether (sulfide) groups is 1. The lowest BCUT2D eigenvalue weighted by atomic mass is 9.53. The van der Waals surface area contributed by atoms with Gasteiger partial charge < -0.3 is 10.6 Å². The molecular formula is C26H29FN2O2S. The normalized spacial score (nSPS) is 27.8. The van der Waals surface area contributed by atoms with Crippen molar-refractivity contribution >= 4 is 23.6 Å². The van der Waals surface area contributed by atoms with Gasteiger partial charge in [0.2, 0.25) is 5.91 Å². The first-order valence-electron chi connectivity index (χ1n) is 11.5. The smallest absolute Gasteiger partial charge is 0.252 e. The molecule has 0 aromatic heterocycles. The number of carbonyl (C=O) groups excluding carboxylic acids is 2. The summed E-state index contributed by atoms with van der Waals surface area (Å²) in [7, 11) is 0. The van der Waals surface area contributed by atoms with Crippen molar-refractivity contribution in [1.82, 2.24) is 10.6 Å². The summed E-state index contributed by atoms with van der Waals surface area (Å²) in [5, 5.41) is 6.29. The van der Waals surface area contributed by atoms with Gasteiger partial charge >= 0.3 is 0 Å². The topological polar surface area (TPSA) is 58.2 Å². The van der Waals surface area contributed by atoms with Crippen LogP contribution in [0, 0.1) is 23.6 Å². The molecule has 2 aromatic carbocycles. The molecule has 2 amide bonds. The lowest BCUT2D eigenvalue weighted by Gasteiger charge is -2.56. The van der Waals surface area contributed by atoms with E-state index in [4.69, 9.17) is 0 Å². The second kappa shape index (κ2) is 8.89. The van der Waals surface area contributed by atoms with Crippen molar-refractivity contribution in [2.45, 2.75) is 55.5 Å². The molecule has 32 heavy (non-hydrogen) atoms. The van der Waals surface area contributed by atoms with Crippen LogP contribution in [0.1, 0.15) is 54.4 Å². The van der Waals surface area contributed by atoms with Crippen LogP contribution in [0.3, 0.4) is 0 Å². The van der Waals surface area contributed by atoms with Gasteiger partial charge in [-0.3, -0.25) is 9.59 Å². The van der Waals surface area contributed by atoms with Gasteiger partial charge in [0, 0.05) is 17.0 Å². The van der Waals surface area contributed by atoms with Gasteiger partial charge in [0.25, 0.3) is 5.91 Å². The predicted octanol–water partition coefficient (Wildman–Crippen LogP) is 4.93. The Labute approximate surface area is 192 Å². The number of nitrogens with one attached hydrogen (secondary N) is 2. The molecule has 2 aromatic rings. The van der Waals surface area contributed by atoms with Crippen LogP contribution >= 0.6 is 11.8 Å². The van der Waals surface area contributed by atoms with Crippen molar-refractivity contribution in [3.05, 3.63) is 65.5 Å². The van der Waals surface area contributed by atoms with Gasteiger partial charge in [-0.15, -0.1) is 11.8 Å². The van der Waals surface area contributed by atoms with Crippen LogP contribution < -0.4 is 10.6 Å². The van der Waals surface area contributed by atoms with E-state index in [0.717, 1.165) is 47.5 Å². The van der Waals surface area contributed by atoms with Crippen molar-refractivity contribution < 1.29 is 14.0 Å². The average molecular weight is 453 g/mol. The number of amides is 2. The molecule has 0 saturated heterocycles. The maximum absolute atomic E-state index is 13.1. The Balaban J connectivity index is 1.17. The fraction of sp³-hybridized carbons (Fsp3) is 0.462. The summed E-state index contributed by atoms with van der Waals surface area (Å²) in [6, 6.07) is 13.5. The van der Waals surface area contributed by atoms with E-state index >= 15 is 0 Å². The van der Waals surface area contributed by atoms with Gasteiger partial charge in [0.1, 0.15) is 5.82 Å². The van der Waals surface area contributed by atoms with Crippen molar-refractivity contribution in [1.29, 1.82) is 0 Å². The highest BCUT2D eigenvalue weighted by Gasteiger charge is 2.51. The zero-order valence-corrected chi connectivity index (χ0v) is 18.9. The highest BCUT2D eigenvalue weighted by atomic mass is 32.2. The third-order valence-electron chi connectivity index (χ3n) is 7.30. The molecule has 6 heteroatoms. The second-order valence-electron chi connectivity index (χ2n) is 9.84. The van der Waals surface area contributed by atoms with Crippen molar-refractivity contribution in [2.24, 2.45) is 17.8 Å². The average Bonchev–Trinajstić information content (AvgIpc) is 2.76. The molecule has 168 valence electrons. The molecule has 6 rings (SSSR count). The Hall–Kier alpha value is -2.34. The van der Waals surface area contributed by atoms with E-state index in [9.17, 15) is 14.0 Å². The van der Waals surface area contributed by atoms with Crippen molar-refractivity contribution in [3.8, 4) is 0 Å². The van der Waals surface area contributed by atoms with Gasteiger partial charge in [0.05, 0.1) is 11.3 Å². The van der Waals surface area contributed by atoms with Crippen LogP contribution in [0.2, 0.25) is 0 Å². The van der Waals surface area contributed by atoms with Crippen LogP contribution in [0.5, 0.6) is 0 Å². The molecule has 4 fully saturated rings. The first-order chi connectivity index (χ1) is 15.5. The van der Waals surface area contributed by atoms with E-state index in [-0.39, 0.29) is 23.2 Å². The second-order valence-corrected chi connectivity index (χ2v) is 10.9. The number of hydrogen-bond acceptors (Lipinski definition) is 3. The third-order valence-corrected chi connectivity index (χ3v) is 8.37. The molecule has 0 atom stereocenters. The monoisotopic (exact) mass is 452 g/mol. The highest BCUT2D eigenvalue weighted by Crippen LogP contribution is 2.55. The van der Waals surface area contributed by atoms with E-state index < -0.39 is 0 Å². The van der Waals surface area contributed by atoms with Crippen LogP contribution in [0.15, 0.2) is 53.4 Å². The number of benzene rings is 2. The minimum absolute atomic E-state index is 0.0123. The van der Waals surface area contributed by atoms with E-state index in [1.54, 1.807) is 18.2 Å². The minimum Gasteiger partial charge on any atom is -0.350 e. The summed E-state index contributed by atoms with van der Waals surface area (Å²) in [6.07, 6.45) is 7.46. The SMILES string of the molecule is O=C(CSc1ccccc1C(=O)NCc1ccc(F)cc1)NC12CC3CC(CC(C3)C1)C2. The summed E-state index contributed by atoms with van der Waals surface area (Å²) < 4.78 is 13.1. The maximum atomic E-state index is 13.1. The van der Waals surface area contributed by atoms with E-state index in [1.165, 1.54) is 43.2 Å². The van der Waals surface area contributed by atoms with E-state index in [0.29, 0.717) is 17.9 Å². The molecule has 4 saturated carbocycles. The maximum Gasteiger partial charge on any atom is 0.252 e. The Bertz CT molecular complexity index is 972. The number of halogens is 1. The van der Waals surface area contributed by atoms with Gasteiger partial charge in [-0.05, 0) is 86.1 Å². The zero-order chi connectivity index (χ0) is 22.1. The van der Waals surface area contributed by atoms with Gasteiger partial charge in [0.15, 0.2) is 0 Å². The number of rotatable bonds is 7. The molecule has 0 radical (unpaired) electrons. The van der Waals surface area contributed by atoms with Crippen molar-refractivity contribution in [3.63, 3.8) is 0 Å². The number of hydrogen-bond donors (Lipinski definition) is 2.